The summed E-state index contributed by atoms with van der Waals surface area (Å²) in [7, 11) is 0. The second kappa shape index (κ2) is 6.35. The molecular weight excluding hydrogens is 318 g/mol. The van der Waals surface area contributed by atoms with Gasteiger partial charge < -0.3 is 13.8 Å². The molecule has 4 rings (SSSR count). The van der Waals surface area contributed by atoms with Crippen molar-refractivity contribution in [2.45, 2.75) is 39.0 Å². The summed E-state index contributed by atoms with van der Waals surface area (Å²) in [4.78, 5) is 19.3. The molecule has 1 atom stereocenters. The Bertz CT molecular complexity index is 912. The van der Waals surface area contributed by atoms with Crippen LogP contribution in [0.2, 0.25) is 0 Å². The molecule has 1 fully saturated rings. The molecule has 0 bridgehead atoms. The Morgan fingerprint density at radius 3 is 2.96 bits per heavy atom. The summed E-state index contributed by atoms with van der Waals surface area (Å²) in [5, 5.41) is 5.07. The van der Waals surface area contributed by atoms with E-state index in [0.717, 1.165) is 42.3 Å². The Kier molecular flexibility index (Phi) is 4.03. The fraction of sp³-hybridized carbons (Fsp3) is 0.421. The summed E-state index contributed by atoms with van der Waals surface area (Å²) in [5.41, 5.74) is 1.65. The summed E-state index contributed by atoms with van der Waals surface area (Å²) in [6.45, 7) is 5.24. The lowest BCUT2D eigenvalue weighted by Crippen LogP contribution is -2.39. The van der Waals surface area contributed by atoms with E-state index in [1.165, 1.54) is 0 Å². The highest BCUT2D eigenvalue weighted by atomic mass is 16.5. The van der Waals surface area contributed by atoms with Gasteiger partial charge in [0, 0.05) is 36.4 Å². The fourth-order valence-electron chi connectivity index (χ4n) is 3.47. The number of piperidine rings is 1. The average molecular weight is 339 g/mol. The maximum atomic E-state index is 13.0. The SMILES string of the molecule is CCc1nc([C@@H]2CCCN(C(=O)c3oc4ccccc4c3C)C2)no1. The van der Waals surface area contributed by atoms with Crippen molar-refractivity contribution < 1.29 is 13.7 Å². The second-order valence-corrected chi connectivity index (χ2v) is 6.54. The van der Waals surface area contributed by atoms with Gasteiger partial charge in [0.2, 0.25) is 5.89 Å². The summed E-state index contributed by atoms with van der Waals surface area (Å²) in [6.07, 6.45) is 2.61. The monoisotopic (exact) mass is 339 g/mol. The van der Waals surface area contributed by atoms with Crippen molar-refractivity contribution >= 4 is 16.9 Å². The lowest BCUT2D eigenvalue weighted by atomic mass is 9.97. The minimum absolute atomic E-state index is 0.0578. The van der Waals surface area contributed by atoms with E-state index in [1.807, 2.05) is 43.0 Å². The molecule has 0 aliphatic carbocycles. The van der Waals surface area contributed by atoms with Crippen molar-refractivity contribution in [3.63, 3.8) is 0 Å². The number of rotatable bonds is 3. The maximum Gasteiger partial charge on any atom is 0.289 e. The Morgan fingerprint density at radius 2 is 2.20 bits per heavy atom. The van der Waals surface area contributed by atoms with Crippen molar-refractivity contribution in [3.8, 4) is 0 Å². The van der Waals surface area contributed by atoms with E-state index in [1.54, 1.807) is 0 Å². The Balaban J connectivity index is 1.57. The van der Waals surface area contributed by atoms with Gasteiger partial charge >= 0.3 is 0 Å². The van der Waals surface area contributed by atoms with Gasteiger partial charge in [0.05, 0.1) is 0 Å². The minimum Gasteiger partial charge on any atom is -0.451 e. The van der Waals surface area contributed by atoms with Crippen LogP contribution in [0.15, 0.2) is 33.2 Å². The van der Waals surface area contributed by atoms with E-state index in [9.17, 15) is 4.79 Å². The van der Waals surface area contributed by atoms with Gasteiger partial charge in [-0.05, 0) is 25.8 Å². The number of amides is 1. The molecule has 1 aliphatic rings. The van der Waals surface area contributed by atoms with Crippen LogP contribution in [0.1, 0.15) is 53.5 Å². The number of furan rings is 1. The topological polar surface area (TPSA) is 72.4 Å². The molecule has 0 saturated carbocycles. The first-order valence-electron chi connectivity index (χ1n) is 8.77. The van der Waals surface area contributed by atoms with Crippen LogP contribution in [0.4, 0.5) is 0 Å². The van der Waals surface area contributed by atoms with E-state index in [0.29, 0.717) is 24.0 Å². The molecule has 3 aromatic rings. The average Bonchev–Trinajstić information content (AvgIpc) is 3.26. The highest BCUT2D eigenvalue weighted by Gasteiger charge is 2.30. The zero-order chi connectivity index (χ0) is 17.4. The Morgan fingerprint density at radius 1 is 1.36 bits per heavy atom. The van der Waals surface area contributed by atoms with E-state index < -0.39 is 0 Å². The van der Waals surface area contributed by atoms with E-state index >= 15 is 0 Å². The van der Waals surface area contributed by atoms with Crippen LogP contribution >= 0.6 is 0 Å². The smallest absolute Gasteiger partial charge is 0.289 e. The zero-order valence-electron chi connectivity index (χ0n) is 14.5. The van der Waals surface area contributed by atoms with Gasteiger partial charge in [-0.1, -0.05) is 30.3 Å². The van der Waals surface area contributed by atoms with Gasteiger partial charge in [-0.15, -0.1) is 0 Å². The standard InChI is InChI=1S/C19H21N3O3/c1-3-16-20-18(21-25-16)13-7-6-10-22(11-13)19(23)17-12(2)14-8-4-5-9-15(14)24-17/h4-5,8-9,13H,3,6-7,10-11H2,1-2H3/t13-/m1/s1. The Hall–Kier alpha value is -2.63. The van der Waals surface area contributed by atoms with Crippen LogP contribution in [-0.2, 0) is 6.42 Å². The molecule has 0 unspecified atom stereocenters. The number of hydrogen-bond donors (Lipinski definition) is 0. The number of carbonyl (C=O) groups is 1. The third kappa shape index (κ3) is 2.81. The van der Waals surface area contributed by atoms with Gasteiger partial charge in [0.25, 0.3) is 5.91 Å². The molecule has 2 aromatic heterocycles. The van der Waals surface area contributed by atoms with Gasteiger partial charge in [0.15, 0.2) is 11.6 Å². The van der Waals surface area contributed by atoms with Crippen LogP contribution in [0, 0.1) is 6.92 Å². The molecule has 0 spiro atoms. The largest absolute Gasteiger partial charge is 0.451 e. The molecule has 3 heterocycles. The lowest BCUT2D eigenvalue weighted by molar-refractivity contribution is 0.0673. The molecular formula is C19H21N3O3. The molecule has 1 saturated heterocycles. The van der Waals surface area contributed by atoms with Gasteiger partial charge in [0.1, 0.15) is 5.58 Å². The Labute approximate surface area is 145 Å². The highest BCUT2D eigenvalue weighted by Crippen LogP contribution is 2.29. The number of para-hydroxylation sites is 1. The molecule has 25 heavy (non-hydrogen) atoms. The van der Waals surface area contributed by atoms with Gasteiger partial charge in [-0.3, -0.25) is 4.79 Å². The van der Waals surface area contributed by atoms with E-state index in [-0.39, 0.29) is 11.8 Å². The lowest BCUT2D eigenvalue weighted by Gasteiger charge is -2.30. The van der Waals surface area contributed by atoms with E-state index in [2.05, 4.69) is 10.1 Å². The highest BCUT2D eigenvalue weighted by molar-refractivity contribution is 5.99. The van der Waals surface area contributed by atoms with Crippen LogP contribution in [0.3, 0.4) is 0 Å². The first kappa shape index (κ1) is 15.9. The first-order valence-corrected chi connectivity index (χ1v) is 8.77. The van der Waals surface area contributed by atoms with Gasteiger partial charge in [-0.25, -0.2) is 0 Å². The molecule has 0 N–H and O–H groups in total. The predicted octanol–water partition coefficient (Wildman–Crippen LogP) is 3.71. The number of carbonyl (C=O) groups excluding carboxylic acids is 1. The van der Waals surface area contributed by atoms with Crippen LogP contribution < -0.4 is 0 Å². The summed E-state index contributed by atoms with van der Waals surface area (Å²) < 4.78 is 11.1. The van der Waals surface area contributed by atoms with Crippen molar-refractivity contribution in [2.24, 2.45) is 0 Å². The summed E-state index contributed by atoms with van der Waals surface area (Å²) >= 11 is 0. The number of nitrogens with zero attached hydrogens (tertiary/aromatic N) is 3. The number of fused-ring (bicyclic) bond motifs is 1. The zero-order valence-corrected chi connectivity index (χ0v) is 14.5. The fourth-order valence-corrected chi connectivity index (χ4v) is 3.47. The van der Waals surface area contributed by atoms with Crippen LogP contribution in [0.5, 0.6) is 0 Å². The maximum absolute atomic E-state index is 13.0. The normalized spacial score (nSPS) is 18.0. The molecule has 0 radical (unpaired) electrons. The van der Waals surface area contributed by atoms with Crippen LogP contribution in [-0.4, -0.2) is 34.0 Å². The third-order valence-corrected chi connectivity index (χ3v) is 4.90. The van der Waals surface area contributed by atoms with Crippen molar-refractivity contribution in [1.82, 2.24) is 15.0 Å². The van der Waals surface area contributed by atoms with Crippen molar-refractivity contribution in [3.05, 3.63) is 47.3 Å². The van der Waals surface area contributed by atoms with Crippen molar-refractivity contribution in [1.29, 1.82) is 0 Å². The number of aromatic nitrogens is 2. The molecule has 1 amide bonds. The molecule has 6 nitrogen and oxygen atoms in total. The van der Waals surface area contributed by atoms with Crippen LogP contribution in [0.25, 0.3) is 11.0 Å². The molecule has 130 valence electrons. The minimum atomic E-state index is -0.0578. The predicted molar refractivity (Wildman–Crippen MR) is 92.5 cm³/mol. The number of benzene rings is 1. The van der Waals surface area contributed by atoms with Gasteiger partial charge in [-0.2, -0.15) is 4.98 Å². The quantitative estimate of drug-likeness (QED) is 0.727. The summed E-state index contributed by atoms with van der Waals surface area (Å²) in [5.74, 6) is 1.84. The number of likely N-dealkylation sites (tertiary alicyclic amines) is 1. The van der Waals surface area contributed by atoms with Crippen molar-refractivity contribution in [2.75, 3.05) is 13.1 Å². The van der Waals surface area contributed by atoms with E-state index in [4.69, 9.17) is 8.94 Å². The number of hydrogen-bond acceptors (Lipinski definition) is 5. The third-order valence-electron chi connectivity index (χ3n) is 4.90. The second-order valence-electron chi connectivity index (χ2n) is 6.54. The summed E-state index contributed by atoms with van der Waals surface area (Å²) in [6, 6.07) is 7.74. The molecule has 6 heteroatoms. The first-order chi connectivity index (χ1) is 12.2. The molecule has 1 aromatic carbocycles. The molecule has 1 aliphatic heterocycles. The number of aryl methyl sites for hydroxylation is 2.